The second-order valence-electron chi connectivity index (χ2n) is 3.91. The molecule has 0 saturated carbocycles. The fraction of sp³-hybridized carbons (Fsp3) is 0.500. The van der Waals surface area contributed by atoms with Gasteiger partial charge in [-0.25, -0.2) is 0 Å². The molecule has 1 heterocycles. The topological polar surface area (TPSA) is 15.3 Å². The van der Waals surface area contributed by atoms with E-state index in [-0.39, 0.29) is 0 Å². The Balaban J connectivity index is 2.14. The van der Waals surface area contributed by atoms with Crippen LogP contribution in [0.1, 0.15) is 13.3 Å². The van der Waals surface area contributed by atoms with E-state index in [1.807, 2.05) is 12.1 Å². The molecule has 1 fully saturated rings. The van der Waals surface area contributed by atoms with Gasteiger partial charge < -0.3 is 10.2 Å². The van der Waals surface area contributed by atoms with Gasteiger partial charge in [0.05, 0.1) is 0 Å². The van der Waals surface area contributed by atoms with Crippen molar-refractivity contribution < 1.29 is 0 Å². The average molecular weight is 225 g/mol. The highest BCUT2D eigenvalue weighted by atomic mass is 35.5. The molecule has 15 heavy (non-hydrogen) atoms. The summed E-state index contributed by atoms with van der Waals surface area (Å²) < 4.78 is 0. The molecule has 0 radical (unpaired) electrons. The van der Waals surface area contributed by atoms with Gasteiger partial charge in [0.2, 0.25) is 0 Å². The number of rotatable bonds is 3. The van der Waals surface area contributed by atoms with Gasteiger partial charge in [0.15, 0.2) is 0 Å². The molecule has 0 bridgehead atoms. The molecule has 0 aliphatic carbocycles. The fourth-order valence-corrected chi connectivity index (χ4v) is 2.32. The second-order valence-corrected chi connectivity index (χ2v) is 4.35. The molecule has 2 rings (SSSR count). The molecule has 82 valence electrons. The van der Waals surface area contributed by atoms with Crippen LogP contribution in [0.3, 0.4) is 0 Å². The minimum absolute atomic E-state index is 0.635. The molecule has 1 saturated heterocycles. The monoisotopic (exact) mass is 224 g/mol. The molecule has 1 aromatic rings. The molecule has 1 aromatic carbocycles. The zero-order valence-corrected chi connectivity index (χ0v) is 9.80. The van der Waals surface area contributed by atoms with E-state index >= 15 is 0 Å². The number of benzene rings is 1. The Hall–Kier alpha value is -0.730. The number of hydrogen-bond donors (Lipinski definition) is 1. The number of halogens is 1. The molecular formula is C12H17ClN2. The molecule has 1 N–H and O–H groups in total. The fourth-order valence-electron chi connectivity index (χ4n) is 2.19. The van der Waals surface area contributed by atoms with Crippen molar-refractivity contribution in [3.8, 4) is 0 Å². The molecule has 3 heteroatoms. The van der Waals surface area contributed by atoms with Crippen LogP contribution in [-0.4, -0.2) is 25.7 Å². The van der Waals surface area contributed by atoms with Crippen LogP contribution >= 0.6 is 11.6 Å². The zero-order chi connectivity index (χ0) is 10.7. The van der Waals surface area contributed by atoms with Crippen LogP contribution in [0, 0.1) is 0 Å². The van der Waals surface area contributed by atoms with Gasteiger partial charge >= 0.3 is 0 Å². The summed E-state index contributed by atoms with van der Waals surface area (Å²) in [5.41, 5.74) is 1.27. The molecule has 0 aromatic heterocycles. The highest BCUT2D eigenvalue weighted by molar-refractivity contribution is 6.30. The van der Waals surface area contributed by atoms with Crippen molar-refractivity contribution in [2.45, 2.75) is 19.4 Å². The van der Waals surface area contributed by atoms with Crippen LogP contribution in [-0.2, 0) is 0 Å². The van der Waals surface area contributed by atoms with Crippen LogP contribution in [0.25, 0.3) is 0 Å². The summed E-state index contributed by atoms with van der Waals surface area (Å²) in [6.07, 6.45) is 1.23. The summed E-state index contributed by atoms with van der Waals surface area (Å²) in [7, 11) is 0. The van der Waals surface area contributed by atoms with Crippen molar-refractivity contribution in [2.24, 2.45) is 0 Å². The van der Waals surface area contributed by atoms with Crippen molar-refractivity contribution in [3.05, 3.63) is 29.3 Å². The normalized spacial score (nSPS) is 20.5. The predicted molar refractivity (Wildman–Crippen MR) is 65.7 cm³/mol. The van der Waals surface area contributed by atoms with Crippen molar-refractivity contribution in [1.82, 2.24) is 5.32 Å². The average Bonchev–Trinajstić information content (AvgIpc) is 2.75. The zero-order valence-electron chi connectivity index (χ0n) is 9.04. The first kappa shape index (κ1) is 10.8. The molecule has 0 unspecified atom stereocenters. The lowest BCUT2D eigenvalue weighted by atomic mass is 10.2. The quantitative estimate of drug-likeness (QED) is 0.849. The number of hydrogen-bond acceptors (Lipinski definition) is 2. The highest BCUT2D eigenvalue weighted by Crippen LogP contribution is 2.21. The highest BCUT2D eigenvalue weighted by Gasteiger charge is 2.20. The van der Waals surface area contributed by atoms with Gasteiger partial charge in [0.1, 0.15) is 0 Å². The van der Waals surface area contributed by atoms with Gasteiger partial charge in [0.25, 0.3) is 0 Å². The predicted octanol–water partition coefficient (Wildman–Crippen LogP) is 2.53. The van der Waals surface area contributed by atoms with Crippen LogP contribution in [0.4, 0.5) is 5.69 Å². The van der Waals surface area contributed by atoms with E-state index in [4.69, 9.17) is 11.6 Å². The third-order valence-electron chi connectivity index (χ3n) is 2.97. The standard InChI is InChI=1S/C12H17ClN2/c1-2-15(12-7-8-14-9-12)11-5-3-10(13)4-6-11/h3-6,12,14H,2,7-9H2,1H3/t12-/m1/s1. The third-order valence-corrected chi connectivity index (χ3v) is 3.23. The maximum absolute atomic E-state index is 5.89. The molecule has 0 amide bonds. The largest absolute Gasteiger partial charge is 0.367 e. The second kappa shape index (κ2) is 4.86. The van der Waals surface area contributed by atoms with Crippen molar-refractivity contribution in [2.75, 3.05) is 24.5 Å². The maximum Gasteiger partial charge on any atom is 0.0426 e. The van der Waals surface area contributed by atoms with Crippen molar-refractivity contribution in [1.29, 1.82) is 0 Å². The summed E-state index contributed by atoms with van der Waals surface area (Å²) in [5, 5.41) is 4.21. The smallest absolute Gasteiger partial charge is 0.0426 e. The van der Waals surface area contributed by atoms with Crippen molar-refractivity contribution in [3.63, 3.8) is 0 Å². The summed E-state index contributed by atoms with van der Waals surface area (Å²) >= 11 is 5.89. The molecule has 2 nitrogen and oxygen atoms in total. The minimum atomic E-state index is 0.635. The maximum atomic E-state index is 5.89. The van der Waals surface area contributed by atoms with Crippen LogP contribution < -0.4 is 10.2 Å². The Kier molecular flexibility index (Phi) is 3.49. The lowest BCUT2D eigenvalue weighted by Crippen LogP contribution is -2.36. The molecule has 0 spiro atoms. The summed E-state index contributed by atoms with van der Waals surface area (Å²) in [4.78, 5) is 2.44. The Morgan fingerprint density at radius 1 is 1.40 bits per heavy atom. The van der Waals surface area contributed by atoms with E-state index in [9.17, 15) is 0 Å². The number of anilines is 1. The lowest BCUT2D eigenvalue weighted by molar-refractivity contribution is 0.648. The first-order valence-corrected chi connectivity index (χ1v) is 5.92. The number of nitrogens with one attached hydrogen (secondary N) is 1. The summed E-state index contributed by atoms with van der Waals surface area (Å²) in [5.74, 6) is 0. The number of nitrogens with zero attached hydrogens (tertiary/aromatic N) is 1. The Morgan fingerprint density at radius 3 is 2.67 bits per heavy atom. The van der Waals surface area contributed by atoms with Crippen LogP contribution in [0.5, 0.6) is 0 Å². The Bertz CT molecular complexity index is 304. The van der Waals surface area contributed by atoms with Gasteiger partial charge in [-0.15, -0.1) is 0 Å². The first-order valence-electron chi connectivity index (χ1n) is 5.54. The van der Waals surface area contributed by atoms with Gasteiger partial charge in [-0.1, -0.05) is 11.6 Å². The Labute approximate surface area is 96.2 Å². The number of likely N-dealkylation sites (N-methyl/N-ethyl adjacent to an activating group) is 1. The van der Waals surface area contributed by atoms with E-state index in [0.29, 0.717) is 6.04 Å². The van der Waals surface area contributed by atoms with E-state index in [2.05, 4.69) is 29.3 Å². The Morgan fingerprint density at radius 2 is 2.13 bits per heavy atom. The molecule has 1 aliphatic heterocycles. The summed E-state index contributed by atoms with van der Waals surface area (Å²) in [6, 6.07) is 8.76. The van der Waals surface area contributed by atoms with E-state index in [1.165, 1.54) is 12.1 Å². The van der Waals surface area contributed by atoms with E-state index < -0.39 is 0 Å². The summed E-state index contributed by atoms with van der Waals surface area (Å²) in [6.45, 7) is 5.48. The minimum Gasteiger partial charge on any atom is -0.367 e. The third kappa shape index (κ3) is 2.44. The SMILES string of the molecule is CCN(c1ccc(Cl)cc1)[C@@H]1CCNC1. The van der Waals surface area contributed by atoms with Crippen LogP contribution in [0.15, 0.2) is 24.3 Å². The van der Waals surface area contributed by atoms with Gasteiger partial charge in [0, 0.05) is 29.8 Å². The first-order chi connectivity index (χ1) is 7.31. The van der Waals surface area contributed by atoms with Gasteiger partial charge in [-0.2, -0.15) is 0 Å². The molecule has 1 atom stereocenters. The van der Waals surface area contributed by atoms with Gasteiger partial charge in [-0.3, -0.25) is 0 Å². The van der Waals surface area contributed by atoms with E-state index in [0.717, 1.165) is 24.7 Å². The van der Waals surface area contributed by atoms with Gasteiger partial charge in [-0.05, 0) is 44.2 Å². The van der Waals surface area contributed by atoms with Crippen molar-refractivity contribution >= 4 is 17.3 Å². The van der Waals surface area contributed by atoms with E-state index in [1.54, 1.807) is 0 Å². The lowest BCUT2D eigenvalue weighted by Gasteiger charge is -2.29. The van der Waals surface area contributed by atoms with Crippen LogP contribution in [0.2, 0.25) is 5.02 Å². The molecular weight excluding hydrogens is 208 g/mol. The molecule has 1 aliphatic rings.